The van der Waals surface area contributed by atoms with Crippen molar-refractivity contribution in [2.75, 3.05) is 19.6 Å². The number of likely N-dealkylation sites (tertiary alicyclic amines) is 2. The van der Waals surface area contributed by atoms with Gasteiger partial charge in [0.1, 0.15) is 0 Å². The van der Waals surface area contributed by atoms with E-state index in [1.165, 1.54) is 0 Å². The van der Waals surface area contributed by atoms with Gasteiger partial charge in [0.25, 0.3) is 0 Å². The number of amides is 2. The monoisotopic (exact) mass is 329 g/mol. The molecule has 2 aliphatic rings. The van der Waals surface area contributed by atoms with Crippen LogP contribution in [0, 0.1) is 11.3 Å². The fourth-order valence-corrected chi connectivity index (χ4v) is 3.90. The van der Waals surface area contributed by atoms with Crippen LogP contribution in [0.3, 0.4) is 0 Å². The fourth-order valence-electron chi connectivity index (χ4n) is 3.90. The summed E-state index contributed by atoms with van der Waals surface area (Å²) in [5.74, 6) is -0.453. The molecule has 1 aromatic carbocycles. The molecule has 0 spiro atoms. The molecule has 0 aliphatic carbocycles. The van der Waals surface area contributed by atoms with Gasteiger partial charge < -0.3 is 15.5 Å². The van der Waals surface area contributed by atoms with Crippen LogP contribution in [-0.4, -0.2) is 47.3 Å². The van der Waals surface area contributed by atoms with Crippen molar-refractivity contribution in [2.45, 2.75) is 39.3 Å². The molecule has 2 aliphatic heterocycles. The molecule has 24 heavy (non-hydrogen) atoms. The smallest absolute Gasteiger partial charge is 0.312 e. The number of carbonyl (C=O) groups is 2. The fraction of sp³-hybridized carbons (Fsp3) is 0.579. The molecule has 5 heteroatoms. The Morgan fingerprint density at radius 1 is 1.17 bits per heavy atom. The Bertz CT molecular complexity index is 629. The summed E-state index contributed by atoms with van der Waals surface area (Å²) < 4.78 is 0. The lowest BCUT2D eigenvalue weighted by molar-refractivity contribution is -0.152. The summed E-state index contributed by atoms with van der Waals surface area (Å²) in [7, 11) is 0. The van der Waals surface area contributed by atoms with Crippen LogP contribution in [0.2, 0.25) is 0 Å². The summed E-state index contributed by atoms with van der Waals surface area (Å²) in [6, 6.07) is 9.88. The highest BCUT2D eigenvalue weighted by atomic mass is 16.2. The number of hydrogen-bond donors (Lipinski definition) is 1. The molecule has 0 radical (unpaired) electrons. The Morgan fingerprint density at radius 2 is 1.83 bits per heavy atom. The third-order valence-corrected chi connectivity index (χ3v) is 5.59. The van der Waals surface area contributed by atoms with Gasteiger partial charge in [-0.2, -0.15) is 0 Å². The molecule has 2 fully saturated rings. The molecule has 130 valence electrons. The van der Waals surface area contributed by atoms with E-state index >= 15 is 0 Å². The first kappa shape index (κ1) is 17.0. The number of rotatable bonds is 1. The molecule has 0 aromatic heterocycles. The van der Waals surface area contributed by atoms with Gasteiger partial charge in [-0.05, 0) is 23.3 Å². The second kappa shape index (κ2) is 6.20. The van der Waals surface area contributed by atoms with Crippen LogP contribution in [0.25, 0.3) is 0 Å². The largest absolute Gasteiger partial charge is 0.332 e. The van der Waals surface area contributed by atoms with Crippen LogP contribution in [0.5, 0.6) is 0 Å². The summed E-state index contributed by atoms with van der Waals surface area (Å²) in [4.78, 5) is 29.0. The number of benzene rings is 1. The molecule has 3 rings (SSSR count). The topological polar surface area (TPSA) is 66.6 Å². The third kappa shape index (κ3) is 2.93. The summed E-state index contributed by atoms with van der Waals surface area (Å²) >= 11 is 0. The number of nitrogens with zero attached hydrogens (tertiary/aromatic N) is 2. The first-order valence-corrected chi connectivity index (χ1v) is 8.71. The van der Waals surface area contributed by atoms with E-state index in [-0.39, 0.29) is 17.5 Å². The van der Waals surface area contributed by atoms with Gasteiger partial charge in [0.05, 0.1) is 6.04 Å². The van der Waals surface area contributed by atoms with Crippen LogP contribution >= 0.6 is 0 Å². The zero-order valence-electron chi connectivity index (χ0n) is 14.7. The first-order valence-electron chi connectivity index (χ1n) is 8.71. The van der Waals surface area contributed by atoms with E-state index in [0.717, 1.165) is 12.0 Å². The van der Waals surface area contributed by atoms with Gasteiger partial charge in [-0.1, -0.05) is 51.1 Å². The van der Waals surface area contributed by atoms with E-state index in [1.54, 1.807) is 9.80 Å². The van der Waals surface area contributed by atoms with Gasteiger partial charge in [0, 0.05) is 25.7 Å². The lowest BCUT2D eigenvalue weighted by atomic mass is 9.89. The van der Waals surface area contributed by atoms with E-state index in [2.05, 4.69) is 6.92 Å². The maximum absolute atomic E-state index is 12.9. The predicted molar refractivity (Wildman–Crippen MR) is 93.0 cm³/mol. The lowest BCUT2D eigenvalue weighted by Gasteiger charge is -2.29. The standard InChI is InChI=1S/C19H27N3O2/c1-13-9-10-22(16(13)14-7-5-4-6-8-14)18(24)17(23)21-11-15(20)19(2,3)12-21/h4-8,13,15-16H,9-12,20H2,1-3H3. The molecule has 2 N–H and O–H groups in total. The average molecular weight is 329 g/mol. The number of carbonyl (C=O) groups excluding carboxylic acids is 2. The maximum Gasteiger partial charge on any atom is 0.312 e. The normalized spacial score (nSPS) is 29.1. The molecule has 2 amide bonds. The highest BCUT2D eigenvalue weighted by Crippen LogP contribution is 2.37. The van der Waals surface area contributed by atoms with Gasteiger partial charge in [-0.15, -0.1) is 0 Å². The first-order chi connectivity index (χ1) is 11.3. The molecule has 3 atom stereocenters. The molecular formula is C19H27N3O2. The Balaban J connectivity index is 1.78. The Kier molecular flexibility index (Phi) is 4.38. The highest BCUT2D eigenvalue weighted by molar-refractivity contribution is 6.35. The van der Waals surface area contributed by atoms with Crippen LogP contribution in [0.15, 0.2) is 30.3 Å². The van der Waals surface area contributed by atoms with Gasteiger partial charge >= 0.3 is 11.8 Å². The second-order valence-corrected chi connectivity index (χ2v) is 7.90. The molecule has 2 saturated heterocycles. The Labute approximate surface area is 143 Å². The minimum atomic E-state index is -0.411. The van der Waals surface area contributed by atoms with Crippen molar-refractivity contribution in [3.8, 4) is 0 Å². The minimum absolute atomic E-state index is 0.0214. The van der Waals surface area contributed by atoms with Crippen molar-refractivity contribution in [2.24, 2.45) is 17.1 Å². The number of hydrogen-bond acceptors (Lipinski definition) is 3. The van der Waals surface area contributed by atoms with Crippen molar-refractivity contribution >= 4 is 11.8 Å². The van der Waals surface area contributed by atoms with E-state index in [9.17, 15) is 9.59 Å². The van der Waals surface area contributed by atoms with E-state index in [0.29, 0.717) is 25.6 Å². The summed E-state index contributed by atoms with van der Waals surface area (Å²) in [6.07, 6.45) is 0.920. The van der Waals surface area contributed by atoms with Crippen LogP contribution < -0.4 is 5.73 Å². The van der Waals surface area contributed by atoms with Crippen molar-refractivity contribution in [3.63, 3.8) is 0 Å². The summed E-state index contributed by atoms with van der Waals surface area (Å²) in [5.41, 5.74) is 7.07. The zero-order chi connectivity index (χ0) is 17.5. The molecule has 2 heterocycles. The highest BCUT2D eigenvalue weighted by Gasteiger charge is 2.44. The zero-order valence-corrected chi connectivity index (χ0v) is 14.7. The number of nitrogens with two attached hydrogens (primary N) is 1. The van der Waals surface area contributed by atoms with Gasteiger partial charge in [0.15, 0.2) is 0 Å². The van der Waals surface area contributed by atoms with Gasteiger partial charge in [0.2, 0.25) is 0 Å². The van der Waals surface area contributed by atoms with Gasteiger partial charge in [-0.3, -0.25) is 9.59 Å². The summed E-state index contributed by atoms with van der Waals surface area (Å²) in [5, 5.41) is 0. The molecule has 0 bridgehead atoms. The predicted octanol–water partition coefficient (Wildman–Crippen LogP) is 1.79. The van der Waals surface area contributed by atoms with Crippen molar-refractivity contribution < 1.29 is 9.59 Å². The maximum atomic E-state index is 12.9. The Hall–Kier alpha value is -1.88. The van der Waals surface area contributed by atoms with E-state index in [4.69, 9.17) is 5.73 Å². The third-order valence-electron chi connectivity index (χ3n) is 5.59. The second-order valence-electron chi connectivity index (χ2n) is 7.90. The van der Waals surface area contributed by atoms with Crippen LogP contribution in [0.1, 0.15) is 38.8 Å². The SMILES string of the molecule is CC1CCN(C(=O)C(=O)N2CC(N)C(C)(C)C2)C1c1ccccc1. The lowest BCUT2D eigenvalue weighted by Crippen LogP contribution is -2.45. The average Bonchev–Trinajstić information content (AvgIpc) is 3.06. The molecule has 1 aromatic rings. The minimum Gasteiger partial charge on any atom is -0.332 e. The quantitative estimate of drug-likeness (QED) is 0.799. The van der Waals surface area contributed by atoms with Crippen LogP contribution in [0.4, 0.5) is 0 Å². The molecular weight excluding hydrogens is 302 g/mol. The molecule has 0 saturated carbocycles. The van der Waals surface area contributed by atoms with E-state index < -0.39 is 11.8 Å². The van der Waals surface area contributed by atoms with Gasteiger partial charge in [-0.25, -0.2) is 0 Å². The molecule has 3 unspecified atom stereocenters. The summed E-state index contributed by atoms with van der Waals surface area (Å²) in [6.45, 7) is 7.86. The van der Waals surface area contributed by atoms with E-state index in [1.807, 2.05) is 44.2 Å². The van der Waals surface area contributed by atoms with Crippen molar-refractivity contribution in [3.05, 3.63) is 35.9 Å². The molecule has 5 nitrogen and oxygen atoms in total. The van der Waals surface area contributed by atoms with Crippen LogP contribution in [-0.2, 0) is 9.59 Å². The van der Waals surface area contributed by atoms with Crippen molar-refractivity contribution in [1.29, 1.82) is 0 Å². The Morgan fingerprint density at radius 3 is 2.42 bits per heavy atom. The van der Waals surface area contributed by atoms with Crippen molar-refractivity contribution in [1.82, 2.24) is 9.80 Å².